The third-order valence-corrected chi connectivity index (χ3v) is 4.68. The fourth-order valence-corrected chi connectivity index (χ4v) is 3.08. The van der Waals surface area contributed by atoms with Crippen LogP contribution in [0.3, 0.4) is 0 Å². The third kappa shape index (κ3) is 5.56. The summed E-state index contributed by atoms with van der Waals surface area (Å²) in [5, 5.41) is 46.2. The minimum absolute atomic E-state index is 0.447. The molecule has 1 aromatic heterocycles. The van der Waals surface area contributed by atoms with Crippen LogP contribution in [-0.2, 0) is 6.54 Å². The van der Waals surface area contributed by atoms with Gasteiger partial charge in [0, 0.05) is 18.9 Å². The van der Waals surface area contributed by atoms with Gasteiger partial charge in [0.1, 0.15) is 0 Å². The molecule has 0 fully saturated rings. The fourth-order valence-electron chi connectivity index (χ4n) is 3.08. The number of pyridine rings is 1. The predicted molar refractivity (Wildman–Crippen MR) is 124 cm³/mol. The summed E-state index contributed by atoms with van der Waals surface area (Å²) in [5.41, 5.74) is -0.652. The van der Waals surface area contributed by atoms with Gasteiger partial charge in [-0.25, -0.2) is 0 Å². The van der Waals surface area contributed by atoms with Gasteiger partial charge >= 0.3 is 11.4 Å². The van der Waals surface area contributed by atoms with Crippen LogP contribution in [0.5, 0.6) is 5.75 Å². The molecule has 12 nitrogen and oxygen atoms in total. The van der Waals surface area contributed by atoms with Gasteiger partial charge in [0.15, 0.2) is 0 Å². The minimum Gasteiger partial charge on any atom is -0.497 e. The summed E-state index contributed by atoms with van der Waals surface area (Å²) in [6.45, 7) is 0.813. The van der Waals surface area contributed by atoms with E-state index < -0.39 is 37.6 Å². The number of nitrogens with one attached hydrogen (secondary N) is 1. The summed E-state index contributed by atoms with van der Waals surface area (Å²) >= 11 is 0. The number of phenolic OH excluding ortho intramolecular Hbond substituents is 1. The van der Waals surface area contributed by atoms with E-state index >= 15 is 0 Å². The van der Waals surface area contributed by atoms with Gasteiger partial charge in [0.05, 0.1) is 32.6 Å². The van der Waals surface area contributed by atoms with Crippen LogP contribution in [0, 0.1) is 30.3 Å². The number of aromatic nitrogens is 1. The maximum Gasteiger partial charge on any atom is 0.324 e. The number of anilines is 1. The van der Waals surface area contributed by atoms with E-state index in [1.54, 1.807) is 6.20 Å². The number of hydrogen-bond acceptors (Lipinski definition) is 9. The average molecular weight is 463 g/mol. The fraction of sp³-hybridized carbons (Fsp3) is 0.0455. The lowest BCUT2D eigenvalue weighted by molar-refractivity contribution is -0.404. The van der Waals surface area contributed by atoms with Gasteiger partial charge in [-0.3, -0.25) is 35.3 Å². The molecule has 1 heterocycles. The first-order valence-electron chi connectivity index (χ1n) is 9.68. The number of nitro groups is 3. The maximum atomic E-state index is 10.4. The quantitative estimate of drug-likeness (QED) is 0.295. The third-order valence-electron chi connectivity index (χ3n) is 4.68. The Bertz CT molecular complexity index is 1320. The van der Waals surface area contributed by atoms with Gasteiger partial charge in [0.2, 0.25) is 0 Å². The van der Waals surface area contributed by atoms with Crippen molar-refractivity contribution >= 4 is 33.5 Å². The Morgan fingerprint density at radius 2 is 1.47 bits per heavy atom. The number of aromatic hydroxyl groups is 1. The molecule has 0 amide bonds. The lowest BCUT2D eigenvalue weighted by Gasteiger charge is -2.08. The van der Waals surface area contributed by atoms with Crippen LogP contribution in [0.15, 0.2) is 79.1 Å². The average Bonchev–Trinajstić information content (AvgIpc) is 2.83. The van der Waals surface area contributed by atoms with E-state index in [1.807, 2.05) is 18.3 Å². The Hall–Kier alpha value is -5.13. The van der Waals surface area contributed by atoms with Crippen LogP contribution in [0.25, 0.3) is 10.8 Å². The molecule has 172 valence electrons. The van der Waals surface area contributed by atoms with Gasteiger partial charge in [-0.15, -0.1) is 0 Å². The van der Waals surface area contributed by atoms with Crippen molar-refractivity contribution in [2.45, 2.75) is 6.54 Å². The van der Waals surface area contributed by atoms with E-state index in [0.717, 1.165) is 12.2 Å². The molecule has 0 atom stereocenters. The van der Waals surface area contributed by atoms with Crippen molar-refractivity contribution in [1.82, 2.24) is 4.98 Å². The highest BCUT2D eigenvalue weighted by molar-refractivity contribution is 5.85. The number of benzene rings is 3. The van der Waals surface area contributed by atoms with Gasteiger partial charge in [-0.2, -0.15) is 0 Å². The van der Waals surface area contributed by atoms with E-state index in [9.17, 15) is 30.3 Å². The molecule has 0 spiro atoms. The van der Waals surface area contributed by atoms with E-state index in [2.05, 4.69) is 52.8 Å². The number of fused-ring (bicyclic) bond motifs is 1. The first-order valence-corrected chi connectivity index (χ1v) is 9.68. The summed E-state index contributed by atoms with van der Waals surface area (Å²) in [4.78, 5) is 31.9. The van der Waals surface area contributed by atoms with Crippen LogP contribution in [0.1, 0.15) is 5.56 Å². The zero-order valence-electron chi connectivity index (χ0n) is 17.4. The highest BCUT2D eigenvalue weighted by atomic mass is 16.6. The first-order chi connectivity index (χ1) is 16.3. The van der Waals surface area contributed by atoms with Crippen LogP contribution in [0.4, 0.5) is 22.7 Å². The highest BCUT2D eigenvalue weighted by Crippen LogP contribution is 2.38. The van der Waals surface area contributed by atoms with Crippen molar-refractivity contribution in [1.29, 1.82) is 0 Å². The van der Waals surface area contributed by atoms with E-state index in [1.165, 1.54) is 16.3 Å². The standard InChI is InChI=1S/C16H14N2.C6H3N3O7/c1-2-9-16-13(5-1)6-3-7-14(16)11-18-15-8-4-10-17-12-15;10-6-4(8(13)14)1-3(7(11)12)2-5(6)9(15)16/h1-10,12,18H,11H2;1-2,10H. The molecule has 2 N–H and O–H groups in total. The molecule has 0 radical (unpaired) electrons. The second kappa shape index (κ2) is 10.5. The van der Waals surface area contributed by atoms with E-state index in [-0.39, 0.29) is 0 Å². The molecule has 0 aliphatic heterocycles. The first kappa shape index (κ1) is 23.5. The van der Waals surface area contributed by atoms with Gasteiger partial charge in [-0.1, -0.05) is 42.5 Å². The van der Waals surface area contributed by atoms with Crippen molar-refractivity contribution < 1.29 is 19.9 Å². The molecule has 0 aliphatic carbocycles. The zero-order chi connectivity index (χ0) is 24.7. The Balaban J connectivity index is 0.000000192. The van der Waals surface area contributed by atoms with Crippen molar-refractivity contribution in [3.05, 3.63) is 115 Å². The lowest BCUT2D eigenvalue weighted by Crippen LogP contribution is -2.00. The van der Waals surface area contributed by atoms with Crippen molar-refractivity contribution in [2.75, 3.05) is 5.32 Å². The summed E-state index contributed by atoms with van der Waals surface area (Å²) in [6.07, 6.45) is 3.62. The molecule has 0 saturated carbocycles. The maximum absolute atomic E-state index is 10.4. The normalized spacial score (nSPS) is 10.1. The molecule has 3 aromatic carbocycles. The molecule has 0 aliphatic rings. The van der Waals surface area contributed by atoms with Crippen molar-refractivity contribution in [3.63, 3.8) is 0 Å². The summed E-state index contributed by atoms with van der Waals surface area (Å²) in [5.74, 6) is -1.21. The molecule has 34 heavy (non-hydrogen) atoms. The molecular formula is C22H17N5O7. The van der Waals surface area contributed by atoms with Crippen LogP contribution in [-0.4, -0.2) is 24.9 Å². The van der Waals surface area contributed by atoms with Gasteiger partial charge in [-0.05, 0) is 28.5 Å². The zero-order valence-corrected chi connectivity index (χ0v) is 17.4. The Labute approximate surface area is 191 Å². The summed E-state index contributed by atoms with van der Waals surface area (Å²) < 4.78 is 0. The highest BCUT2D eigenvalue weighted by Gasteiger charge is 2.30. The smallest absolute Gasteiger partial charge is 0.324 e. The number of nitro benzene ring substituents is 3. The Morgan fingerprint density at radius 1 is 0.824 bits per heavy atom. The van der Waals surface area contributed by atoms with Gasteiger partial charge < -0.3 is 10.4 Å². The topological polar surface area (TPSA) is 175 Å². The predicted octanol–water partition coefficient (Wildman–Crippen LogP) is 4.96. The molecule has 0 unspecified atom stereocenters. The largest absolute Gasteiger partial charge is 0.497 e. The number of nitrogens with zero attached hydrogens (tertiary/aromatic N) is 4. The van der Waals surface area contributed by atoms with E-state index in [0.29, 0.717) is 12.1 Å². The van der Waals surface area contributed by atoms with Gasteiger partial charge in [0.25, 0.3) is 11.4 Å². The summed E-state index contributed by atoms with van der Waals surface area (Å²) in [7, 11) is 0. The molecule has 4 aromatic rings. The summed E-state index contributed by atoms with van der Waals surface area (Å²) in [6, 6.07) is 19.7. The molecular weight excluding hydrogens is 446 g/mol. The minimum atomic E-state index is -1.21. The molecule has 4 rings (SSSR count). The molecule has 0 bridgehead atoms. The monoisotopic (exact) mass is 463 g/mol. The molecule has 12 heteroatoms. The number of phenols is 1. The van der Waals surface area contributed by atoms with Crippen LogP contribution in [0.2, 0.25) is 0 Å². The Morgan fingerprint density at radius 3 is 2.06 bits per heavy atom. The molecule has 0 saturated heterocycles. The van der Waals surface area contributed by atoms with Crippen LogP contribution < -0.4 is 5.32 Å². The Kier molecular flexibility index (Phi) is 7.24. The second-order valence-corrected chi connectivity index (χ2v) is 6.84. The van der Waals surface area contributed by atoms with Crippen molar-refractivity contribution in [2.24, 2.45) is 0 Å². The number of hydrogen-bond donors (Lipinski definition) is 2. The SMILES string of the molecule is O=[N+]([O-])c1cc([N+](=O)[O-])c(O)c([N+](=O)[O-])c1.c1cncc(NCc2cccc3ccccc23)c1. The number of rotatable bonds is 6. The second-order valence-electron chi connectivity index (χ2n) is 6.84. The van der Waals surface area contributed by atoms with Crippen LogP contribution >= 0.6 is 0 Å². The van der Waals surface area contributed by atoms with E-state index in [4.69, 9.17) is 5.11 Å². The number of non-ortho nitro benzene ring substituents is 1. The lowest BCUT2D eigenvalue weighted by atomic mass is 10.0. The van der Waals surface area contributed by atoms with Crippen molar-refractivity contribution in [3.8, 4) is 5.75 Å².